The van der Waals surface area contributed by atoms with Crippen molar-refractivity contribution >= 4 is 23.4 Å². The van der Waals surface area contributed by atoms with Crippen molar-refractivity contribution in [1.29, 1.82) is 0 Å². The van der Waals surface area contributed by atoms with Crippen molar-refractivity contribution in [1.82, 2.24) is 4.90 Å². The number of thioether (sulfide) groups is 1. The Bertz CT molecular complexity index is 888. The van der Waals surface area contributed by atoms with Crippen LogP contribution in [0.3, 0.4) is 0 Å². The Hall–Kier alpha value is -2.42. The van der Waals surface area contributed by atoms with Gasteiger partial charge >= 0.3 is 0 Å². The number of anilines is 1. The van der Waals surface area contributed by atoms with Crippen LogP contribution in [0.1, 0.15) is 10.8 Å². The lowest BCUT2D eigenvalue weighted by molar-refractivity contribution is -0.126. The van der Waals surface area contributed by atoms with E-state index in [1.54, 1.807) is 32.3 Å². The summed E-state index contributed by atoms with van der Waals surface area (Å²) < 4.78 is 16.2. The molecule has 1 aliphatic rings. The highest BCUT2D eigenvalue weighted by molar-refractivity contribution is 7.99. The number of carbonyl (C=O) groups is 1. The summed E-state index contributed by atoms with van der Waals surface area (Å²) in [7, 11) is 8.64. The first-order valence-electron chi connectivity index (χ1n) is 9.60. The number of fused-ring (bicyclic) bond motifs is 1. The van der Waals surface area contributed by atoms with Crippen LogP contribution < -0.4 is 19.1 Å². The summed E-state index contributed by atoms with van der Waals surface area (Å²) in [5.74, 6) is 1.50. The summed E-state index contributed by atoms with van der Waals surface area (Å²) in [6.45, 7) is 1.10. The van der Waals surface area contributed by atoms with Crippen molar-refractivity contribution in [3.05, 3.63) is 42.0 Å². The van der Waals surface area contributed by atoms with Crippen LogP contribution in [0.25, 0.3) is 0 Å². The predicted octanol–water partition coefficient (Wildman–Crippen LogP) is 2.81. The monoisotopic (exact) mass is 432 g/mol. The zero-order valence-electron chi connectivity index (χ0n) is 17.9. The second-order valence-electron chi connectivity index (χ2n) is 7.22. The number of amides is 1. The highest BCUT2D eigenvalue weighted by Crippen LogP contribution is 2.49. The lowest BCUT2D eigenvalue weighted by Crippen LogP contribution is -2.43. The highest BCUT2D eigenvalue weighted by Gasteiger charge is 2.38. The Labute approximate surface area is 181 Å². The molecule has 0 fully saturated rings. The van der Waals surface area contributed by atoms with Gasteiger partial charge in [0.05, 0.1) is 32.3 Å². The fourth-order valence-corrected chi connectivity index (χ4v) is 4.62. The second-order valence-corrected chi connectivity index (χ2v) is 8.41. The lowest BCUT2D eigenvalue weighted by atomic mass is 10.1. The standard InChI is InChI=1S/C22H28N2O5S/c1-23(2)10-11-24-16-12-17(28-4)18(29-5)13-19(16)30-21(20(25)22(24)26)14-6-8-15(27-3)9-7-14/h6-9,12-13,20-21,25H,10-11H2,1-5H3/t20-,21+/m0/s1. The minimum atomic E-state index is -1.20. The Morgan fingerprint density at radius 2 is 1.67 bits per heavy atom. The highest BCUT2D eigenvalue weighted by atomic mass is 32.2. The molecule has 1 amide bonds. The molecular weight excluding hydrogens is 404 g/mol. The topological polar surface area (TPSA) is 71.5 Å². The van der Waals surface area contributed by atoms with E-state index < -0.39 is 11.4 Å². The summed E-state index contributed by atoms with van der Waals surface area (Å²) in [4.78, 5) is 17.8. The van der Waals surface area contributed by atoms with Gasteiger partial charge in [0.2, 0.25) is 0 Å². The van der Waals surface area contributed by atoms with Crippen LogP contribution in [0, 0.1) is 0 Å². The smallest absolute Gasteiger partial charge is 0.257 e. The number of benzene rings is 2. The van der Waals surface area contributed by atoms with Crippen molar-refractivity contribution in [3.63, 3.8) is 0 Å². The molecule has 8 heteroatoms. The quantitative estimate of drug-likeness (QED) is 0.721. The van der Waals surface area contributed by atoms with Gasteiger partial charge in [-0.3, -0.25) is 4.79 Å². The maximum atomic E-state index is 13.3. The molecule has 7 nitrogen and oxygen atoms in total. The van der Waals surface area contributed by atoms with Crippen molar-refractivity contribution in [3.8, 4) is 17.2 Å². The van der Waals surface area contributed by atoms with Crippen molar-refractivity contribution in [2.24, 2.45) is 0 Å². The number of nitrogens with zero attached hydrogens (tertiary/aromatic N) is 2. The summed E-state index contributed by atoms with van der Waals surface area (Å²) in [5, 5.41) is 10.6. The molecule has 0 saturated heterocycles. The zero-order chi connectivity index (χ0) is 21.8. The van der Waals surface area contributed by atoms with Gasteiger partial charge in [0, 0.05) is 24.1 Å². The van der Waals surface area contributed by atoms with Crippen LogP contribution in [0.5, 0.6) is 17.2 Å². The van der Waals surface area contributed by atoms with Crippen molar-refractivity contribution in [2.75, 3.05) is 53.4 Å². The molecule has 0 bridgehead atoms. The van der Waals surface area contributed by atoms with Gasteiger partial charge < -0.3 is 29.1 Å². The van der Waals surface area contributed by atoms with E-state index in [9.17, 15) is 9.90 Å². The van der Waals surface area contributed by atoms with Crippen LogP contribution in [-0.4, -0.2) is 70.5 Å². The molecule has 0 aliphatic carbocycles. The molecule has 2 aromatic carbocycles. The van der Waals surface area contributed by atoms with E-state index in [0.717, 1.165) is 16.2 Å². The van der Waals surface area contributed by atoms with E-state index in [4.69, 9.17) is 14.2 Å². The first kappa shape index (κ1) is 22.3. The predicted molar refractivity (Wildman–Crippen MR) is 118 cm³/mol. The maximum absolute atomic E-state index is 13.3. The largest absolute Gasteiger partial charge is 0.497 e. The van der Waals surface area contributed by atoms with Crippen LogP contribution in [0.4, 0.5) is 5.69 Å². The van der Waals surface area contributed by atoms with E-state index in [1.807, 2.05) is 49.3 Å². The number of carbonyl (C=O) groups excluding carboxylic acids is 1. The Kier molecular flexibility index (Phi) is 7.12. The van der Waals surface area contributed by atoms with Gasteiger partial charge in [-0.05, 0) is 37.9 Å². The van der Waals surface area contributed by atoms with Gasteiger partial charge in [-0.1, -0.05) is 12.1 Å². The molecule has 0 unspecified atom stereocenters. The molecule has 0 radical (unpaired) electrons. The molecular formula is C22H28N2O5S. The summed E-state index contributed by atoms with van der Waals surface area (Å²) in [5.41, 5.74) is 1.55. The molecule has 1 heterocycles. The van der Waals surface area contributed by atoms with E-state index in [-0.39, 0.29) is 5.91 Å². The van der Waals surface area contributed by atoms with Crippen LogP contribution in [-0.2, 0) is 4.79 Å². The maximum Gasteiger partial charge on any atom is 0.257 e. The molecule has 0 aromatic heterocycles. The third-order valence-corrected chi connectivity index (χ3v) is 6.40. The second kappa shape index (κ2) is 9.59. The molecule has 2 aromatic rings. The van der Waals surface area contributed by atoms with E-state index in [2.05, 4.69) is 0 Å². The van der Waals surface area contributed by atoms with Gasteiger partial charge in [0.1, 0.15) is 11.9 Å². The Balaban J connectivity index is 2.09. The molecule has 2 atom stereocenters. The fraction of sp³-hybridized carbons (Fsp3) is 0.409. The van der Waals surface area contributed by atoms with Crippen molar-refractivity contribution in [2.45, 2.75) is 16.2 Å². The first-order valence-corrected chi connectivity index (χ1v) is 10.5. The minimum absolute atomic E-state index is 0.337. The van der Waals surface area contributed by atoms with Gasteiger partial charge in [-0.15, -0.1) is 11.8 Å². The van der Waals surface area contributed by atoms with Crippen LogP contribution in [0.2, 0.25) is 0 Å². The van der Waals surface area contributed by atoms with Gasteiger partial charge in [-0.25, -0.2) is 0 Å². The summed E-state index contributed by atoms with van der Waals surface area (Å²) in [6, 6.07) is 11.1. The number of hydrogen-bond donors (Lipinski definition) is 1. The molecule has 30 heavy (non-hydrogen) atoms. The summed E-state index contributed by atoms with van der Waals surface area (Å²) in [6.07, 6.45) is -1.20. The fourth-order valence-electron chi connectivity index (χ4n) is 3.34. The zero-order valence-corrected chi connectivity index (χ0v) is 18.7. The average Bonchev–Trinajstić information content (AvgIpc) is 2.86. The number of aliphatic hydroxyl groups excluding tert-OH is 1. The lowest BCUT2D eigenvalue weighted by Gasteiger charge is -2.27. The number of aliphatic hydroxyl groups is 1. The molecule has 3 rings (SSSR count). The molecule has 0 saturated carbocycles. The van der Waals surface area contributed by atoms with Crippen LogP contribution in [0.15, 0.2) is 41.3 Å². The number of likely N-dealkylation sites (N-methyl/N-ethyl adjacent to an activating group) is 1. The average molecular weight is 433 g/mol. The Morgan fingerprint density at radius 1 is 1.03 bits per heavy atom. The molecule has 162 valence electrons. The third-order valence-electron chi connectivity index (χ3n) is 5.03. The molecule has 0 spiro atoms. The first-order chi connectivity index (χ1) is 14.4. The van der Waals surface area contributed by atoms with Gasteiger partial charge in [0.15, 0.2) is 11.5 Å². The number of methoxy groups -OCH3 is 3. The van der Waals surface area contributed by atoms with Gasteiger partial charge in [0.25, 0.3) is 5.91 Å². The van der Waals surface area contributed by atoms with E-state index in [0.29, 0.717) is 30.3 Å². The third kappa shape index (κ3) is 4.50. The number of ether oxygens (including phenoxy) is 3. The normalized spacial score (nSPS) is 18.8. The van der Waals surface area contributed by atoms with Crippen LogP contribution >= 0.6 is 11.8 Å². The number of hydrogen-bond acceptors (Lipinski definition) is 7. The minimum Gasteiger partial charge on any atom is -0.497 e. The van der Waals surface area contributed by atoms with E-state index in [1.165, 1.54) is 11.8 Å². The SMILES string of the molecule is COc1ccc([C@H]2Sc3cc(OC)c(OC)cc3N(CCN(C)C)C(=O)[C@H]2O)cc1. The van der Waals surface area contributed by atoms with E-state index >= 15 is 0 Å². The molecule has 1 N–H and O–H groups in total. The number of rotatable bonds is 7. The Morgan fingerprint density at radius 3 is 2.23 bits per heavy atom. The van der Waals surface area contributed by atoms with Gasteiger partial charge in [-0.2, -0.15) is 0 Å². The van der Waals surface area contributed by atoms with Crippen molar-refractivity contribution < 1.29 is 24.1 Å². The summed E-state index contributed by atoms with van der Waals surface area (Å²) >= 11 is 1.44. The molecule has 1 aliphatic heterocycles.